The number of halogens is 3. The number of rotatable bonds is 5. The molecule has 0 bridgehead atoms. The molecule has 1 amide bonds. The molecule has 1 rings (SSSR count). The Hall–Kier alpha value is -2.05. The zero-order valence-electron chi connectivity index (χ0n) is 10.8. The van der Waals surface area contributed by atoms with Crippen molar-refractivity contribution in [2.75, 3.05) is 7.05 Å². The summed E-state index contributed by atoms with van der Waals surface area (Å²) in [5.41, 5.74) is -0.816. The average molecular weight is 289 g/mol. The topological polar surface area (TPSA) is 57.6 Å². The van der Waals surface area contributed by atoms with Gasteiger partial charge in [0.25, 0.3) is 0 Å². The first-order valence-electron chi connectivity index (χ1n) is 5.82. The number of benzene rings is 1. The molecule has 0 saturated carbocycles. The number of nitrogens with zero attached hydrogens (tertiary/aromatic N) is 1. The Kier molecular flexibility index (Phi) is 5.12. The Balaban J connectivity index is 2.78. The number of aliphatic carboxylic acids is 1. The predicted molar refractivity (Wildman–Crippen MR) is 64.8 cm³/mol. The Labute approximate surface area is 113 Å². The zero-order valence-corrected chi connectivity index (χ0v) is 10.8. The second kappa shape index (κ2) is 6.40. The number of alkyl halides is 3. The van der Waals surface area contributed by atoms with Crippen LogP contribution < -0.4 is 0 Å². The van der Waals surface area contributed by atoms with E-state index in [0.29, 0.717) is 0 Å². The first kappa shape index (κ1) is 16.0. The molecule has 0 atom stereocenters. The van der Waals surface area contributed by atoms with E-state index in [1.165, 1.54) is 25.2 Å². The van der Waals surface area contributed by atoms with Crippen molar-refractivity contribution in [1.82, 2.24) is 4.90 Å². The van der Waals surface area contributed by atoms with Crippen molar-refractivity contribution in [3.63, 3.8) is 0 Å². The second-order valence-corrected chi connectivity index (χ2v) is 4.30. The Morgan fingerprint density at radius 3 is 2.35 bits per heavy atom. The quantitative estimate of drug-likeness (QED) is 0.906. The maximum Gasteiger partial charge on any atom is 0.416 e. The first-order valence-corrected chi connectivity index (χ1v) is 5.82. The molecule has 0 radical (unpaired) electrons. The summed E-state index contributed by atoms with van der Waals surface area (Å²) < 4.78 is 38.3. The molecule has 1 aromatic carbocycles. The highest BCUT2D eigenvalue weighted by molar-refractivity contribution is 5.80. The van der Waals surface area contributed by atoms with E-state index in [2.05, 4.69) is 0 Å². The van der Waals surface area contributed by atoms with Crippen LogP contribution >= 0.6 is 0 Å². The first-order chi connectivity index (χ1) is 9.21. The van der Waals surface area contributed by atoms with Crippen molar-refractivity contribution < 1.29 is 27.9 Å². The molecule has 1 N–H and O–H groups in total. The van der Waals surface area contributed by atoms with Crippen LogP contribution in [0.15, 0.2) is 24.3 Å². The van der Waals surface area contributed by atoms with E-state index in [9.17, 15) is 22.8 Å². The lowest BCUT2D eigenvalue weighted by atomic mass is 10.1. The molecule has 0 aliphatic carbocycles. The number of hydrogen-bond acceptors (Lipinski definition) is 2. The molecule has 0 saturated heterocycles. The average Bonchev–Trinajstić information content (AvgIpc) is 2.35. The van der Waals surface area contributed by atoms with Crippen LogP contribution in [0.2, 0.25) is 0 Å². The summed E-state index contributed by atoms with van der Waals surface area (Å²) in [6, 6.07) is 4.98. The molecule has 0 aliphatic heterocycles. The van der Waals surface area contributed by atoms with E-state index in [-0.39, 0.29) is 24.9 Å². The van der Waals surface area contributed by atoms with Crippen LogP contribution in [0.3, 0.4) is 0 Å². The number of carboxylic acid groups (broad SMARTS) is 1. The highest BCUT2D eigenvalue weighted by Crippen LogP contribution is 2.32. The third-order valence-corrected chi connectivity index (χ3v) is 2.71. The standard InChI is InChI=1S/C13H14F3NO3/c1-17(11(18)6-7-12(19)20)8-9-4-2-3-5-10(9)13(14,15)16/h2-5H,6-8H2,1H3,(H,19,20). The molecule has 0 aliphatic rings. The number of carboxylic acids is 1. The maximum atomic E-state index is 12.8. The summed E-state index contributed by atoms with van der Waals surface area (Å²) in [5.74, 6) is -1.63. The minimum absolute atomic E-state index is 0.0221. The minimum Gasteiger partial charge on any atom is -0.481 e. The fraction of sp³-hybridized carbons (Fsp3) is 0.385. The normalized spacial score (nSPS) is 11.2. The molecule has 0 fully saturated rings. The van der Waals surface area contributed by atoms with Crippen molar-refractivity contribution in [3.8, 4) is 0 Å². The van der Waals surface area contributed by atoms with Gasteiger partial charge in [-0.2, -0.15) is 13.2 Å². The van der Waals surface area contributed by atoms with Gasteiger partial charge in [0.05, 0.1) is 12.0 Å². The van der Waals surface area contributed by atoms with Crippen LogP contribution in [0.4, 0.5) is 13.2 Å². The Morgan fingerprint density at radius 2 is 1.80 bits per heavy atom. The third kappa shape index (κ3) is 4.56. The van der Waals surface area contributed by atoms with Gasteiger partial charge in [0.1, 0.15) is 0 Å². The van der Waals surface area contributed by atoms with Crippen LogP contribution in [0.1, 0.15) is 24.0 Å². The largest absolute Gasteiger partial charge is 0.481 e. The molecule has 0 spiro atoms. The third-order valence-electron chi connectivity index (χ3n) is 2.71. The monoisotopic (exact) mass is 289 g/mol. The lowest BCUT2D eigenvalue weighted by Crippen LogP contribution is -2.27. The minimum atomic E-state index is -4.48. The van der Waals surface area contributed by atoms with Crippen molar-refractivity contribution in [2.45, 2.75) is 25.6 Å². The lowest BCUT2D eigenvalue weighted by molar-refractivity contribution is -0.141. The molecular weight excluding hydrogens is 275 g/mol. The summed E-state index contributed by atoms with van der Waals surface area (Å²) in [7, 11) is 1.34. The van der Waals surface area contributed by atoms with Gasteiger partial charge in [-0.25, -0.2) is 0 Å². The number of carbonyl (C=O) groups is 2. The van der Waals surface area contributed by atoms with Crippen LogP contribution in [0.25, 0.3) is 0 Å². The molecule has 20 heavy (non-hydrogen) atoms. The van der Waals surface area contributed by atoms with Gasteiger partial charge in [0, 0.05) is 20.0 Å². The van der Waals surface area contributed by atoms with E-state index in [1.807, 2.05) is 0 Å². The highest BCUT2D eigenvalue weighted by atomic mass is 19.4. The Morgan fingerprint density at radius 1 is 1.20 bits per heavy atom. The van der Waals surface area contributed by atoms with Gasteiger partial charge in [-0.3, -0.25) is 9.59 Å². The molecular formula is C13H14F3NO3. The molecule has 1 aromatic rings. The van der Waals surface area contributed by atoms with Crippen molar-refractivity contribution in [3.05, 3.63) is 35.4 Å². The summed E-state index contributed by atoms with van der Waals surface area (Å²) in [4.78, 5) is 23.0. The van der Waals surface area contributed by atoms with Crippen molar-refractivity contribution in [1.29, 1.82) is 0 Å². The molecule has 0 unspecified atom stereocenters. The fourth-order valence-corrected chi connectivity index (χ4v) is 1.68. The fourth-order valence-electron chi connectivity index (χ4n) is 1.68. The van der Waals surface area contributed by atoms with Gasteiger partial charge in [0.2, 0.25) is 5.91 Å². The predicted octanol–water partition coefficient (Wildman–Crippen LogP) is 2.53. The van der Waals surface area contributed by atoms with E-state index >= 15 is 0 Å². The van der Waals surface area contributed by atoms with Gasteiger partial charge >= 0.3 is 12.1 Å². The molecule has 4 nitrogen and oxygen atoms in total. The molecule has 7 heteroatoms. The molecule has 0 aromatic heterocycles. The van der Waals surface area contributed by atoms with Gasteiger partial charge < -0.3 is 10.0 Å². The van der Waals surface area contributed by atoms with E-state index < -0.39 is 23.6 Å². The lowest BCUT2D eigenvalue weighted by Gasteiger charge is -2.20. The summed E-state index contributed by atoms with van der Waals surface area (Å²) in [5, 5.41) is 8.47. The summed E-state index contributed by atoms with van der Waals surface area (Å²) in [6.07, 6.45) is -5.06. The number of hydrogen-bond donors (Lipinski definition) is 1. The smallest absolute Gasteiger partial charge is 0.416 e. The maximum absolute atomic E-state index is 12.8. The van der Waals surface area contributed by atoms with Crippen LogP contribution in [0, 0.1) is 0 Å². The van der Waals surface area contributed by atoms with Crippen molar-refractivity contribution in [2.24, 2.45) is 0 Å². The summed E-state index contributed by atoms with van der Waals surface area (Å²) >= 11 is 0. The zero-order chi connectivity index (χ0) is 15.3. The second-order valence-electron chi connectivity index (χ2n) is 4.30. The van der Waals surface area contributed by atoms with Gasteiger partial charge in [-0.05, 0) is 11.6 Å². The Bertz CT molecular complexity index is 500. The number of carbonyl (C=O) groups excluding carboxylic acids is 1. The van der Waals surface area contributed by atoms with Crippen LogP contribution in [-0.4, -0.2) is 28.9 Å². The molecule has 110 valence electrons. The van der Waals surface area contributed by atoms with E-state index in [0.717, 1.165) is 11.0 Å². The van der Waals surface area contributed by atoms with Crippen LogP contribution in [-0.2, 0) is 22.3 Å². The van der Waals surface area contributed by atoms with Crippen LogP contribution in [0.5, 0.6) is 0 Å². The van der Waals surface area contributed by atoms with Gasteiger partial charge in [0.15, 0.2) is 0 Å². The van der Waals surface area contributed by atoms with E-state index in [4.69, 9.17) is 5.11 Å². The van der Waals surface area contributed by atoms with Crippen molar-refractivity contribution >= 4 is 11.9 Å². The van der Waals surface area contributed by atoms with Gasteiger partial charge in [-0.15, -0.1) is 0 Å². The SMILES string of the molecule is CN(Cc1ccccc1C(F)(F)F)C(=O)CCC(=O)O. The number of amides is 1. The summed E-state index contributed by atoms with van der Waals surface area (Å²) in [6.45, 7) is -0.214. The van der Waals surface area contributed by atoms with E-state index in [1.54, 1.807) is 0 Å². The highest BCUT2D eigenvalue weighted by Gasteiger charge is 2.33. The molecule has 0 heterocycles. The van der Waals surface area contributed by atoms with Gasteiger partial charge in [-0.1, -0.05) is 18.2 Å².